The summed E-state index contributed by atoms with van der Waals surface area (Å²) >= 11 is 0. The molecule has 1 aromatic carbocycles. The molecule has 2 fully saturated rings. The van der Waals surface area contributed by atoms with Crippen LogP contribution in [0.15, 0.2) is 37.4 Å². The number of aromatic nitrogens is 2. The van der Waals surface area contributed by atoms with Gasteiger partial charge in [-0.05, 0) is 88.3 Å². The summed E-state index contributed by atoms with van der Waals surface area (Å²) in [6.07, 6.45) is 7.02. The molecule has 1 amide bonds. The second-order valence-corrected chi connectivity index (χ2v) is 16.3. The second kappa shape index (κ2) is 15.9. The average molecular weight is 692 g/mol. The molecule has 2 heterocycles. The number of amides is 1. The Balaban J connectivity index is 1.67. The van der Waals surface area contributed by atoms with Crippen LogP contribution in [0.3, 0.4) is 0 Å². The van der Waals surface area contributed by atoms with Crippen LogP contribution in [-0.2, 0) is 23.9 Å². The smallest absolute Gasteiger partial charge is 0.329 e. The van der Waals surface area contributed by atoms with E-state index in [2.05, 4.69) is 27.0 Å². The zero-order valence-corrected chi connectivity index (χ0v) is 31.5. The summed E-state index contributed by atoms with van der Waals surface area (Å²) in [5, 5.41) is 0. The fourth-order valence-corrected chi connectivity index (χ4v) is 6.78. The van der Waals surface area contributed by atoms with Crippen LogP contribution in [0.5, 0.6) is 11.6 Å². The first-order chi connectivity index (χ1) is 23.4. The summed E-state index contributed by atoms with van der Waals surface area (Å²) in [6, 6.07) is 4.47. The molecule has 0 spiro atoms. The summed E-state index contributed by atoms with van der Waals surface area (Å²) in [4.78, 5) is 53.2. The molecule has 6 atom stereocenters. The van der Waals surface area contributed by atoms with E-state index in [0.29, 0.717) is 34.8 Å². The van der Waals surface area contributed by atoms with Gasteiger partial charge in [0, 0.05) is 12.0 Å². The van der Waals surface area contributed by atoms with Crippen molar-refractivity contribution in [2.75, 3.05) is 13.7 Å². The van der Waals surface area contributed by atoms with Crippen LogP contribution in [0, 0.1) is 29.1 Å². The number of carbonyl (C=O) groups excluding carboxylic acids is 3. The number of likely N-dealkylation sites (tertiary alicyclic amines) is 1. The first-order valence-corrected chi connectivity index (χ1v) is 17.9. The SMILES string of the molecule is C=CCCC[C@@H]1C[C@H]1OC(=O)C[C@H](C(=O)N1C[C@H](Oc2nc3cc(OC)ccc3nc2C=C)[C@@H](CC(C)C)[C@H]1C(=O)OC(C)(C)C)C(C)(C)C. The van der Waals surface area contributed by atoms with Crippen molar-refractivity contribution in [2.24, 2.45) is 29.1 Å². The van der Waals surface area contributed by atoms with Gasteiger partial charge in [0.15, 0.2) is 0 Å². The Labute approximate surface area is 298 Å². The van der Waals surface area contributed by atoms with E-state index in [0.717, 1.165) is 25.7 Å². The molecule has 2 aliphatic rings. The van der Waals surface area contributed by atoms with Crippen molar-refractivity contribution < 1.29 is 33.3 Å². The number of esters is 2. The average Bonchev–Trinajstić information content (AvgIpc) is 3.66. The van der Waals surface area contributed by atoms with Crippen molar-refractivity contribution in [3.63, 3.8) is 0 Å². The van der Waals surface area contributed by atoms with Gasteiger partial charge in [-0.1, -0.05) is 47.3 Å². The Morgan fingerprint density at radius 2 is 1.76 bits per heavy atom. The van der Waals surface area contributed by atoms with Gasteiger partial charge in [0.25, 0.3) is 0 Å². The Bertz CT molecular complexity index is 1560. The highest BCUT2D eigenvalue weighted by Crippen LogP contribution is 2.41. The van der Waals surface area contributed by atoms with Gasteiger partial charge in [0.2, 0.25) is 11.8 Å². The van der Waals surface area contributed by atoms with Gasteiger partial charge in [0.1, 0.15) is 35.3 Å². The van der Waals surface area contributed by atoms with Gasteiger partial charge < -0.3 is 23.8 Å². The minimum Gasteiger partial charge on any atom is -0.497 e. The van der Waals surface area contributed by atoms with Gasteiger partial charge in [-0.2, -0.15) is 0 Å². The molecule has 2 aromatic rings. The lowest BCUT2D eigenvalue weighted by Gasteiger charge is -2.36. The maximum atomic E-state index is 14.7. The number of rotatable bonds is 15. The number of nitrogens with zero attached hydrogens (tertiary/aromatic N) is 3. The van der Waals surface area contributed by atoms with E-state index in [1.807, 2.05) is 59.8 Å². The molecule has 1 aliphatic carbocycles. The van der Waals surface area contributed by atoms with E-state index in [4.69, 9.17) is 28.9 Å². The highest BCUT2D eigenvalue weighted by molar-refractivity contribution is 5.90. The second-order valence-electron chi connectivity index (χ2n) is 16.3. The lowest BCUT2D eigenvalue weighted by atomic mass is 9.77. The molecule has 0 unspecified atom stereocenters. The zero-order valence-electron chi connectivity index (χ0n) is 31.5. The molecule has 1 saturated heterocycles. The van der Waals surface area contributed by atoms with Crippen molar-refractivity contribution in [3.05, 3.63) is 43.1 Å². The molecule has 274 valence electrons. The minimum atomic E-state index is -0.937. The molecule has 1 aliphatic heterocycles. The molecule has 50 heavy (non-hydrogen) atoms. The molecule has 1 saturated carbocycles. The molecular formula is C40H57N3O7. The number of unbranched alkanes of at least 4 members (excludes halogenated alkanes) is 1. The number of hydrogen-bond acceptors (Lipinski definition) is 9. The topological polar surface area (TPSA) is 117 Å². The fourth-order valence-electron chi connectivity index (χ4n) is 6.78. The van der Waals surface area contributed by atoms with E-state index in [1.165, 1.54) is 0 Å². The minimum absolute atomic E-state index is 0.0886. The third-order valence-corrected chi connectivity index (χ3v) is 9.43. The predicted molar refractivity (Wildman–Crippen MR) is 194 cm³/mol. The monoisotopic (exact) mass is 691 g/mol. The normalized spacial score (nSPS) is 22.6. The molecule has 10 heteroatoms. The van der Waals surface area contributed by atoms with Crippen LogP contribution in [-0.4, -0.2) is 70.2 Å². The fraction of sp³-hybridized carbons (Fsp3) is 0.625. The lowest BCUT2D eigenvalue weighted by Crippen LogP contribution is -2.50. The Hall–Kier alpha value is -3.95. The number of ether oxygens (including phenoxy) is 4. The first kappa shape index (κ1) is 38.8. The van der Waals surface area contributed by atoms with Gasteiger partial charge in [-0.15, -0.1) is 6.58 Å². The maximum Gasteiger partial charge on any atom is 0.329 e. The molecule has 0 N–H and O–H groups in total. The quantitative estimate of drug-likeness (QED) is 0.106. The Morgan fingerprint density at radius 3 is 2.36 bits per heavy atom. The third kappa shape index (κ3) is 9.85. The first-order valence-electron chi connectivity index (χ1n) is 17.9. The number of allylic oxidation sites excluding steroid dienone is 1. The number of carbonyl (C=O) groups is 3. The van der Waals surface area contributed by atoms with Crippen LogP contribution in [0.1, 0.15) is 99.6 Å². The van der Waals surface area contributed by atoms with Gasteiger partial charge in [0.05, 0.1) is 37.0 Å². The standard InChI is InChI=1S/C40H57N3O7/c1-12-14-15-16-25-20-32(25)48-34(44)22-28(39(5,6)7)37(45)43-23-33(27(19-24(3)4)35(43)38(46)50-40(8,9)10)49-36-29(13-2)41-30-18-17-26(47-11)21-31(30)42-36/h12-13,17-18,21,24-25,27-28,32-33,35H,1-2,14-16,19-20,22-23H2,3-11H3/t25-,27-,28-,32-,33+,35+/m1/s1. The molecule has 10 nitrogen and oxygen atoms in total. The van der Waals surface area contributed by atoms with Crippen molar-refractivity contribution in [2.45, 2.75) is 118 Å². The van der Waals surface area contributed by atoms with E-state index in [9.17, 15) is 14.4 Å². The molecular weight excluding hydrogens is 634 g/mol. The summed E-state index contributed by atoms with van der Waals surface area (Å²) < 4.78 is 23.9. The van der Waals surface area contributed by atoms with Crippen molar-refractivity contribution in [3.8, 4) is 11.6 Å². The maximum absolute atomic E-state index is 14.7. The van der Waals surface area contributed by atoms with E-state index in [-0.39, 0.29) is 36.8 Å². The number of benzene rings is 1. The lowest BCUT2D eigenvalue weighted by molar-refractivity contribution is -0.167. The summed E-state index contributed by atoms with van der Waals surface area (Å²) in [5.74, 6) is -0.973. The van der Waals surface area contributed by atoms with Crippen molar-refractivity contribution >= 4 is 35.0 Å². The van der Waals surface area contributed by atoms with Gasteiger partial charge >= 0.3 is 11.9 Å². The Morgan fingerprint density at radius 1 is 1.04 bits per heavy atom. The van der Waals surface area contributed by atoms with E-state index in [1.54, 1.807) is 24.2 Å². The summed E-state index contributed by atoms with van der Waals surface area (Å²) in [7, 11) is 1.58. The largest absolute Gasteiger partial charge is 0.497 e. The van der Waals surface area contributed by atoms with Gasteiger partial charge in [-0.25, -0.2) is 14.8 Å². The Kier molecular flexibility index (Phi) is 12.4. The molecule has 1 aromatic heterocycles. The summed E-state index contributed by atoms with van der Waals surface area (Å²) in [5.41, 5.74) is 0.280. The number of fused-ring (bicyclic) bond motifs is 1. The van der Waals surface area contributed by atoms with E-state index >= 15 is 0 Å². The van der Waals surface area contributed by atoms with Crippen LogP contribution in [0.2, 0.25) is 0 Å². The number of hydrogen-bond donors (Lipinski definition) is 0. The van der Waals surface area contributed by atoms with Crippen LogP contribution < -0.4 is 9.47 Å². The van der Waals surface area contributed by atoms with Crippen LogP contribution in [0.25, 0.3) is 17.1 Å². The highest BCUT2D eigenvalue weighted by atomic mass is 16.6. The molecule has 0 radical (unpaired) electrons. The zero-order chi connectivity index (χ0) is 37.0. The van der Waals surface area contributed by atoms with Crippen LogP contribution >= 0.6 is 0 Å². The molecule has 0 bridgehead atoms. The van der Waals surface area contributed by atoms with Gasteiger partial charge in [-0.3, -0.25) is 9.59 Å². The number of methoxy groups -OCH3 is 1. The van der Waals surface area contributed by atoms with E-state index < -0.39 is 46.9 Å². The predicted octanol–water partition coefficient (Wildman–Crippen LogP) is 7.58. The highest BCUT2D eigenvalue weighted by Gasteiger charge is 2.53. The van der Waals surface area contributed by atoms with Crippen LogP contribution in [0.4, 0.5) is 0 Å². The molecule has 4 rings (SSSR count). The van der Waals surface area contributed by atoms with Crippen molar-refractivity contribution in [1.82, 2.24) is 14.9 Å². The summed E-state index contributed by atoms with van der Waals surface area (Å²) in [6.45, 7) is 23.2. The van der Waals surface area contributed by atoms with Crippen molar-refractivity contribution in [1.29, 1.82) is 0 Å². The third-order valence-electron chi connectivity index (χ3n) is 9.43.